The second-order valence-corrected chi connectivity index (χ2v) is 7.55. The van der Waals surface area contributed by atoms with Gasteiger partial charge < -0.3 is 13.9 Å². The lowest BCUT2D eigenvalue weighted by Gasteiger charge is -2.09. The number of carbonyl (C=O) groups is 1. The predicted octanol–water partition coefficient (Wildman–Crippen LogP) is 4.66. The van der Waals surface area contributed by atoms with E-state index in [9.17, 15) is 14.0 Å². The van der Waals surface area contributed by atoms with Crippen molar-refractivity contribution in [3.05, 3.63) is 93.1 Å². The average molecular weight is 469 g/mol. The summed E-state index contributed by atoms with van der Waals surface area (Å²) in [6, 6.07) is 15.6. The first-order valence-corrected chi connectivity index (χ1v) is 10.2. The molecule has 0 unspecified atom stereocenters. The number of nitrogens with zero attached hydrogens (tertiary/aromatic N) is 2. The van der Waals surface area contributed by atoms with E-state index >= 15 is 0 Å². The lowest BCUT2D eigenvalue weighted by atomic mass is 10.2. The van der Waals surface area contributed by atoms with Gasteiger partial charge in [-0.05, 0) is 54.1 Å². The summed E-state index contributed by atoms with van der Waals surface area (Å²) in [5.41, 5.74) is 1.70. The summed E-state index contributed by atoms with van der Waals surface area (Å²) in [4.78, 5) is 28.1. The summed E-state index contributed by atoms with van der Waals surface area (Å²) in [7, 11) is 1.51. The smallest absolute Gasteiger partial charge is 0.420 e. The monoisotopic (exact) mass is 468 g/mol. The molecule has 0 atom stereocenters. The first-order chi connectivity index (χ1) is 15.8. The predicted molar refractivity (Wildman–Crippen MR) is 120 cm³/mol. The Balaban J connectivity index is 1.71. The molecule has 7 nitrogen and oxygen atoms in total. The van der Waals surface area contributed by atoms with Crippen molar-refractivity contribution in [2.24, 2.45) is 12.0 Å². The van der Waals surface area contributed by atoms with Crippen molar-refractivity contribution >= 4 is 34.2 Å². The third-order valence-corrected chi connectivity index (χ3v) is 4.97. The molecule has 4 rings (SSSR count). The van der Waals surface area contributed by atoms with E-state index in [0.717, 1.165) is 0 Å². The average Bonchev–Trinajstić information content (AvgIpc) is 2.76. The molecule has 0 radical (unpaired) electrons. The largest absolute Gasteiger partial charge is 0.487 e. The molecule has 0 aliphatic heterocycles. The molecule has 168 valence electrons. The summed E-state index contributed by atoms with van der Waals surface area (Å²) in [6.07, 6.45) is 0. The quantitative estimate of drug-likeness (QED) is 0.314. The Bertz CT molecular complexity index is 1490. The van der Waals surface area contributed by atoms with E-state index in [-0.39, 0.29) is 18.0 Å². The Morgan fingerprint density at radius 2 is 1.97 bits per heavy atom. The van der Waals surface area contributed by atoms with Crippen molar-refractivity contribution < 1.29 is 23.1 Å². The highest BCUT2D eigenvalue weighted by atomic mass is 35.5. The Morgan fingerprint density at radius 1 is 1.15 bits per heavy atom. The minimum absolute atomic E-state index is 0.145. The summed E-state index contributed by atoms with van der Waals surface area (Å²) < 4.78 is 30.7. The van der Waals surface area contributed by atoms with Crippen molar-refractivity contribution in [3.8, 4) is 11.5 Å². The highest BCUT2D eigenvalue weighted by molar-refractivity contribution is 6.32. The van der Waals surface area contributed by atoms with Crippen molar-refractivity contribution in [2.45, 2.75) is 13.5 Å². The van der Waals surface area contributed by atoms with Gasteiger partial charge in [-0.1, -0.05) is 23.7 Å². The van der Waals surface area contributed by atoms with Crippen LogP contribution in [0.25, 0.3) is 11.0 Å². The van der Waals surface area contributed by atoms with E-state index in [4.69, 9.17) is 25.5 Å². The van der Waals surface area contributed by atoms with Crippen LogP contribution in [0, 0.1) is 5.82 Å². The Morgan fingerprint density at radius 3 is 2.70 bits per heavy atom. The van der Waals surface area contributed by atoms with E-state index in [1.165, 1.54) is 42.8 Å². The van der Waals surface area contributed by atoms with Gasteiger partial charge in [0.05, 0.1) is 16.1 Å². The maximum absolute atomic E-state index is 13.3. The third kappa shape index (κ3) is 5.12. The van der Waals surface area contributed by atoms with Crippen LogP contribution in [-0.4, -0.2) is 10.5 Å². The molecular formula is C24H18ClFN2O5. The Kier molecular flexibility index (Phi) is 6.28. The zero-order valence-electron chi connectivity index (χ0n) is 17.7. The molecule has 33 heavy (non-hydrogen) atoms. The normalized spacial score (nSPS) is 11.6. The van der Waals surface area contributed by atoms with Gasteiger partial charge in [-0.2, -0.15) is 0 Å². The molecule has 0 saturated heterocycles. The molecule has 0 N–H and O–H groups in total. The molecule has 0 amide bonds. The maximum Gasteiger partial charge on any atom is 0.420 e. The first-order valence-electron chi connectivity index (χ1n) is 9.84. The second-order valence-electron chi connectivity index (χ2n) is 7.15. The topological polar surface area (TPSA) is 83.0 Å². The van der Waals surface area contributed by atoms with Crippen LogP contribution in [0.4, 0.5) is 10.1 Å². The highest BCUT2D eigenvalue weighted by Gasteiger charge is 2.10. The molecular weight excluding hydrogens is 451 g/mol. The van der Waals surface area contributed by atoms with Crippen LogP contribution in [0.5, 0.6) is 11.5 Å². The van der Waals surface area contributed by atoms with Gasteiger partial charge in [0.2, 0.25) is 0 Å². The number of hydrogen-bond acceptors (Lipinski definition) is 6. The number of benzene rings is 3. The second kappa shape index (κ2) is 9.30. The summed E-state index contributed by atoms with van der Waals surface area (Å²) >= 11 is 6.36. The minimum Gasteiger partial charge on any atom is -0.487 e. The number of halogens is 2. The number of fused-ring (bicyclic) bond motifs is 1. The molecule has 0 spiro atoms. The zero-order valence-corrected chi connectivity index (χ0v) is 18.4. The molecule has 4 aromatic rings. The van der Waals surface area contributed by atoms with Crippen LogP contribution in [0.1, 0.15) is 12.5 Å². The lowest BCUT2D eigenvalue weighted by molar-refractivity contribution is -0.131. The third-order valence-electron chi connectivity index (χ3n) is 4.68. The molecule has 1 aromatic heterocycles. The van der Waals surface area contributed by atoms with Crippen molar-refractivity contribution in [3.63, 3.8) is 0 Å². The molecule has 0 aliphatic carbocycles. The van der Waals surface area contributed by atoms with Crippen LogP contribution in [0.2, 0.25) is 5.02 Å². The Hall–Kier alpha value is -3.91. The van der Waals surface area contributed by atoms with Gasteiger partial charge in [0, 0.05) is 14.0 Å². The van der Waals surface area contributed by atoms with Crippen LogP contribution in [-0.2, 0) is 18.4 Å². The number of rotatable bonds is 5. The van der Waals surface area contributed by atoms with Gasteiger partial charge in [-0.15, -0.1) is 0 Å². The molecule has 0 aliphatic rings. The molecule has 0 fully saturated rings. The van der Waals surface area contributed by atoms with Gasteiger partial charge in [0.1, 0.15) is 35.0 Å². The van der Waals surface area contributed by atoms with Crippen molar-refractivity contribution in [1.29, 1.82) is 0 Å². The fourth-order valence-electron chi connectivity index (χ4n) is 3.15. The number of carbonyl (C=O) groups excluding carboxylic acids is 1. The van der Waals surface area contributed by atoms with E-state index in [2.05, 4.69) is 4.99 Å². The van der Waals surface area contributed by atoms with E-state index < -0.39 is 11.7 Å². The van der Waals surface area contributed by atoms with Gasteiger partial charge >= 0.3 is 11.7 Å². The van der Waals surface area contributed by atoms with Crippen LogP contribution in [0.15, 0.2) is 74.9 Å². The van der Waals surface area contributed by atoms with Gasteiger partial charge in [0.25, 0.3) is 0 Å². The van der Waals surface area contributed by atoms with Crippen molar-refractivity contribution in [1.82, 2.24) is 4.57 Å². The number of ether oxygens (including phenoxy) is 2. The van der Waals surface area contributed by atoms with Crippen LogP contribution in [0.3, 0.4) is 0 Å². The summed E-state index contributed by atoms with van der Waals surface area (Å²) in [5.74, 6) is -0.739. The van der Waals surface area contributed by atoms with Crippen LogP contribution < -0.4 is 20.7 Å². The molecule has 3 aromatic carbocycles. The summed E-state index contributed by atoms with van der Waals surface area (Å²) in [5, 5.41) is 0.765. The number of hydrogen-bond donors (Lipinski definition) is 0. The first kappa shape index (κ1) is 22.3. The van der Waals surface area contributed by atoms with Gasteiger partial charge in [0.15, 0.2) is 0 Å². The Labute approximate surface area is 192 Å². The maximum atomic E-state index is 13.3. The van der Waals surface area contributed by atoms with E-state index in [1.807, 2.05) is 0 Å². The molecule has 1 heterocycles. The lowest BCUT2D eigenvalue weighted by Crippen LogP contribution is -2.30. The fraction of sp³-hybridized carbons (Fsp3) is 0.125. The molecule has 0 saturated carbocycles. The zero-order chi connectivity index (χ0) is 23.5. The highest BCUT2D eigenvalue weighted by Crippen LogP contribution is 2.29. The standard InChI is InChI=1S/C24H18ClFN2O5/c1-14(29)32-18-7-9-21-19(12-18)23(28(2)24(30)33-21)27-17-6-8-22(20(25)11-17)31-13-15-4-3-5-16(26)10-15/h3-12H,13H2,1-2H3. The SMILES string of the molecule is CC(=O)Oc1ccc2oc(=O)n(C)c(=Nc3ccc(OCc4cccc(F)c4)c(Cl)c3)c2c1. The van der Waals surface area contributed by atoms with Crippen LogP contribution >= 0.6 is 11.6 Å². The minimum atomic E-state index is -0.609. The van der Waals surface area contributed by atoms with E-state index in [0.29, 0.717) is 38.6 Å². The molecule has 9 heteroatoms. The number of aromatic nitrogens is 1. The van der Waals surface area contributed by atoms with Gasteiger partial charge in [-0.3, -0.25) is 9.36 Å². The van der Waals surface area contributed by atoms with Gasteiger partial charge in [-0.25, -0.2) is 14.2 Å². The van der Waals surface area contributed by atoms with E-state index in [1.54, 1.807) is 36.4 Å². The number of esters is 1. The summed E-state index contributed by atoms with van der Waals surface area (Å²) in [6.45, 7) is 1.44. The fourth-order valence-corrected chi connectivity index (χ4v) is 3.38. The molecule has 0 bridgehead atoms. The van der Waals surface area contributed by atoms with Crippen molar-refractivity contribution in [2.75, 3.05) is 0 Å².